The molecule has 2 N–H and O–H groups in total. The molecule has 0 aliphatic heterocycles. The third kappa shape index (κ3) is 5.07. The molecule has 0 radical (unpaired) electrons. The second-order valence-corrected chi connectivity index (χ2v) is 9.28. The lowest BCUT2D eigenvalue weighted by Crippen LogP contribution is -2.46. The summed E-state index contributed by atoms with van der Waals surface area (Å²) in [7, 11) is 0. The number of carbonyl (C=O) groups is 1. The number of benzene rings is 2. The van der Waals surface area contributed by atoms with Gasteiger partial charge in [-0.05, 0) is 50.1 Å². The number of aryl methyl sites for hydroxylation is 1. The van der Waals surface area contributed by atoms with Crippen LogP contribution in [-0.4, -0.2) is 42.9 Å². The molecule has 0 spiro atoms. The zero-order valence-electron chi connectivity index (χ0n) is 20.1. The molecule has 2 heterocycles. The molecule has 35 heavy (non-hydrogen) atoms. The zero-order chi connectivity index (χ0) is 25.5. The Morgan fingerprint density at radius 1 is 1.14 bits per heavy atom. The first-order valence-electron chi connectivity index (χ1n) is 11.1. The van der Waals surface area contributed by atoms with E-state index in [2.05, 4.69) is 20.6 Å². The summed E-state index contributed by atoms with van der Waals surface area (Å²) >= 11 is 0. The fraction of sp³-hybridized carbons (Fsp3) is 0.360. The molecule has 4 rings (SSSR count). The minimum Gasteiger partial charge on any atom is -0.386 e. The molecule has 0 bridgehead atoms. The highest BCUT2D eigenvalue weighted by Crippen LogP contribution is 2.31. The maximum Gasteiger partial charge on any atom is 0.321 e. The number of nitrogens with zero attached hydrogens (tertiary/aromatic N) is 4. The zero-order valence-corrected chi connectivity index (χ0v) is 20.1. The molecule has 0 aliphatic carbocycles. The van der Waals surface area contributed by atoms with Gasteiger partial charge in [-0.15, -0.1) is 0 Å². The molecule has 8 nitrogen and oxygen atoms in total. The van der Waals surface area contributed by atoms with E-state index in [9.17, 15) is 18.7 Å². The van der Waals surface area contributed by atoms with E-state index in [0.29, 0.717) is 24.2 Å². The van der Waals surface area contributed by atoms with Gasteiger partial charge in [-0.1, -0.05) is 29.4 Å². The predicted octanol–water partition coefficient (Wildman–Crippen LogP) is 4.37. The molecular weight excluding hydrogens is 456 g/mol. The molecule has 0 saturated heterocycles. The Bertz CT molecular complexity index is 1350. The van der Waals surface area contributed by atoms with Crippen molar-refractivity contribution in [2.45, 2.75) is 58.2 Å². The standard InChI is InChI=1S/C25H27F2N5O3/c1-14(29-23(33)25(5,26)27)21(16-6-9-19(10-7-16)24(3,4)34)32-20-11-8-17(12-18(20)13-28-32)22-30-15(2)35-31-22/h6-14,21,34H,1-5H3,(H,29,33)/t14-,21?/m1/s1. The Kier molecular flexibility index (Phi) is 6.18. The fourth-order valence-corrected chi connectivity index (χ4v) is 3.97. The number of aliphatic hydroxyl groups is 1. The SMILES string of the molecule is Cc1nc(-c2ccc3c(cnn3C(c3ccc(C(C)(C)O)cc3)[C@@H](C)NC(=O)C(C)(F)F)c2)no1. The van der Waals surface area contributed by atoms with Crippen LogP contribution in [0.4, 0.5) is 8.78 Å². The summed E-state index contributed by atoms with van der Waals surface area (Å²) in [5.74, 6) is -3.99. The summed E-state index contributed by atoms with van der Waals surface area (Å²) in [5.41, 5.74) is 1.86. The van der Waals surface area contributed by atoms with Crippen LogP contribution in [0.3, 0.4) is 0 Å². The number of halogens is 2. The first kappa shape index (κ1) is 24.5. The normalized spacial score (nSPS) is 14.2. The molecule has 0 fully saturated rings. The minimum absolute atomic E-state index is 0.446. The number of rotatable bonds is 7. The van der Waals surface area contributed by atoms with Crippen LogP contribution in [0.15, 0.2) is 53.2 Å². The summed E-state index contributed by atoms with van der Waals surface area (Å²) in [4.78, 5) is 16.3. The van der Waals surface area contributed by atoms with Crippen LogP contribution >= 0.6 is 0 Å². The Morgan fingerprint density at radius 3 is 2.40 bits per heavy atom. The first-order chi connectivity index (χ1) is 16.3. The van der Waals surface area contributed by atoms with Crippen LogP contribution in [0.1, 0.15) is 50.8 Å². The van der Waals surface area contributed by atoms with Crippen molar-refractivity contribution >= 4 is 16.8 Å². The number of amides is 1. The van der Waals surface area contributed by atoms with E-state index in [4.69, 9.17) is 4.52 Å². The smallest absolute Gasteiger partial charge is 0.321 e. The van der Waals surface area contributed by atoms with Crippen molar-refractivity contribution in [3.8, 4) is 11.4 Å². The lowest BCUT2D eigenvalue weighted by Gasteiger charge is -2.28. The molecule has 184 valence electrons. The molecule has 2 atom stereocenters. The van der Waals surface area contributed by atoms with Gasteiger partial charge in [-0.2, -0.15) is 18.9 Å². The molecule has 10 heteroatoms. The summed E-state index contributed by atoms with van der Waals surface area (Å²) in [6.45, 7) is 7.27. The third-order valence-corrected chi connectivity index (χ3v) is 5.83. The van der Waals surface area contributed by atoms with Crippen molar-refractivity contribution in [3.05, 3.63) is 65.7 Å². The van der Waals surface area contributed by atoms with E-state index in [0.717, 1.165) is 22.0 Å². The number of nitrogens with one attached hydrogen (secondary N) is 1. The Morgan fingerprint density at radius 2 is 1.83 bits per heavy atom. The lowest BCUT2D eigenvalue weighted by atomic mass is 9.93. The summed E-state index contributed by atoms with van der Waals surface area (Å²) in [5, 5.41) is 22.0. The van der Waals surface area contributed by atoms with Crippen LogP contribution < -0.4 is 5.32 Å². The number of aromatic nitrogens is 4. The van der Waals surface area contributed by atoms with Crippen LogP contribution in [0.25, 0.3) is 22.3 Å². The van der Waals surface area contributed by atoms with Gasteiger partial charge < -0.3 is 14.9 Å². The van der Waals surface area contributed by atoms with E-state index in [-0.39, 0.29) is 0 Å². The van der Waals surface area contributed by atoms with Gasteiger partial charge in [0.2, 0.25) is 11.7 Å². The van der Waals surface area contributed by atoms with E-state index in [1.54, 1.807) is 62.8 Å². The lowest BCUT2D eigenvalue weighted by molar-refractivity contribution is -0.143. The number of hydrogen-bond acceptors (Lipinski definition) is 6. The Balaban J connectivity index is 1.77. The summed E-state index contributed by atoms with van der Waals surface area (Å²) in [6, 6.07) is 11.3. The Hall–Kier alpha value is -3.66. The van der Waals surface area contributed by atoms with Crippen molar-refractivity contribution < 1.29 is 23.2 Å². The number of fused-ring (bicyclic) bond motifs is 1. The monoisotopic (exact) mass is 483 g/mol. The van der Waals surface area contributed by atoms with Crippen molar-refractivity contribution in [2.24, 2.45) is 0 Å². The second-order valence-electron chi connectivity index (χ2n) is 9.28. The van der Waals surface area contributed by atoms with Crippen molar-refractivity contribution in [3.63, 3.8) is 0 Å². The van der Waals surface area contributed by atoms with E-state index >= 15 is 0 Å². The highest BCUT2D eigenvalue weighted by atomic mass is 19.3. The third-order valence-electron chi connectivity index (χ3n) is 5.83. The van der Waals surface area contributed by atoms with E-state index in [1.165, 1.54) is 0 Å². The highest BCUT2D eigenvalue weighted by Gasteiger charge is 2.35. The van der Waals surface area contributed by atoms with Gasteiger partial charge in [0.15, 0.2) is 0 Å². The van der Waals surface area contributed by atoms with Gasteiger partial charge in [-0.25, -0.2) is 0 Å². The fourth-order valence-electron chi connectivity index (χ4n) is 3.97. The molecular formula is C25H27F2N5O3. The highest BCUT2D eigenvalue weighted by molar-refractivity contribution is 5.84. The van der Waals surface area contributed by atoms with E-state index < -0.39 is 29.5 Å². The second kappa shape index (κ2) is 8.84. The largest absolute Gasteiger partial charge is 0.386 e. The van der Waals surface area contributed by atoms with Crippen molar-refractivity contribution in [1.29, 1.82) is 0 Å². The molecule has 4 aromatic rings. The molecule has 0 saturated carbocycles. The van der Waals surface area contributed by atoms with Crippen molar-refractivity contribution in [1.82, 2.24) is 25.2 Å². The van der Waals surface area contributed by atoms with E-state index in [1.807, 2.05) is 18.2 Å². The number of hydrogen-bond donors (Lipinski definition) is 2. The summed E-state index contributed by atoms with van der Waals surface area (Å²) in [6.07, 6.45) is 1.66. The van der Waals surface area contributed by atoms with Gasteiger partial charge in [0, 0.05) is 24.8 Å². The maximum atomic E-state index is 13.6. The van der Waals surface area contributed by atoms with Gasteiger partial charge in [0.05, 0.1) is 29.4 Å². The van der Waals surface area contributed by atoms with Crippen LogP contribution in [0, 0.1) is 6.92 Å². The molecule has 1 unspecified atom stereocenters. The molecule has 0 aliphatic rings. The average Bonchev–Trinajstić information content (AvgIpc) is 3.39. The van der Waals surface area contributed by atoms with Gasteiger partial charge in [0.1, 0.15) is 0 Å². The van der Waals surface area contributed by atoms with Crippen molar-refractivity contribution in [2.75, 3.05) is 0 Å². The predicted molar refractivity (Wildman–Crippen MR) is 126 cm³/mol. The van der Waals surface area contributed by atoms with Gasteiger partial charge in [-0.3, -0.25) is 9.48 Å². The Labute approximate surface area is 201 Å². The summed E-state index contributed by atoms with van der Waals surface area (Å²) < 4.78 is 34.0. The van der Waals surface area contributed by atoms with Crippen LogP contribution in [0.2, 0.25) is 0 Å². The average molecular weight is 484 g/mol. The molecule has 2 aromatic heterocycles. The minimum atomic E-state index is -3.52. The molecule has 1 amide bonds. The van der Waals surface area contributed by atoms with Gasteiger partial charge in [0.25, 0.3) is 5.91 Å². The topological polar surface area (TPSA) is 106 Å². The first-order valence-corrected chi connectivity index (χ1v) is 11.1. The maximum absolute atomic E-state index is 13.6. The molecule has 2 aromatic carbocycles. The van der Waals surface area contributed by atoms with Gasteiger partial charge >= 0.3 is 5.92 Å². The van der Waals surface area contributed by atoms with Crippen LogP contribution in [-0.2, 0) is 10.4 Å². The number of alkyl halides is 2. The quantitative estimate of drug-likeness (QED) is 0.404. The van der Waals surface area contributed by atoms with Crippen LogP contribution in [0.5, 0.6) is 0 Å². The number of carbonyl (C=O) groups excluding carboxylic acids is 1.